The molecule has 0 radical (unpaired) electrons. The molecule has 0 saturated carbocycles. The van der Waals surface area contributed by atoms with E-state index in [9.17, 15) is 4.79 Å². The van der Waals surface area contributed by atoms with Crippen molar-refractivity contribution in [1.82, 2.24) is 4.90 Å². The van der Waals surface area contributed by atoms with Crippen molar-refractivity contribution in [3.05, 3.63) is 29.8 Å². The molecule has 0 bridgehead atoms. The molecule has 0 heterocycles. The van der Waals surface area contributed by atoms with Crippen molar-refractivity contribution in [2.75, 3.05) is 19.0 Å². The molecule has 4 nitrogen and oxygen atoms in total. The first kappa shape index (κ1) is 13.5. The molecule has 17 heavy (non-hydrogen) atoms. The number of carbonyl (C=O) groups is 1. The van der Waals surface area contributed by atoms with Gasteiger partial charge in [-0.05, 0) is 31.0 Å². The minimum absolute atomic E-state index is 0.0430. The number of urea groups is 1. The lowest BCUT2D eigenvalue weighted by atomic mass is 10.1. The molecule has 0 aliphatic carbocycles. The van der Waals surface area contributed by atoms with Crippen LogP contribution in [0, 0.1) is 0 Å². The molecule has 0 fully saturated rings. The monoisotopic (exact) mass is 236 g/mol. The Balaban J connectivity index is 2.61. The van der Waals surface area contributed by atoms with E-state index in [1.54, 1.807) is 14.0 Å². The summed E-state index contributed by atoms with van der Waals surface area (Å²) in [6.45, 7) is 3.84. The Morgan fingerprint density at radius 1 is 1.41 bits per heavy atom. The van der Waals surface area contributed by atoms with Crippen LogP contribution in [0.3, 0.4) is 0 Å². The van der Waals surface area contributed by atoms with Gasteiger partial charge >= 0.3 is 6.03 Å². The first-order chi connectivity index (χ1) is 8.08. The number of aryl methyl sites for hydroxylation is 1. The highest BCUT2D eigenvalue weighted by Gasteiger charge is 2.14. The van der Waals surface area contributed by atoms with Crippen LogP contribution >= 0.6 is 0 Å². The Kier molecular flexibility index (Phi) is 4.97. The van der Waals surface area contributed by atoms with Crippen LogP contribution in [0.5, 0.6) is 0 Å². The summed E-state index contributed by atoms with van der Waals surface area (Å²) in [6, 6.07) is 7.35. The van der Waals surface area contributed by atoms with E-state index < -0.39 is 0 Å². The normalized spacial score (nSPS) is 12.0. The molecule has 0 saturated heterocycles. The number of benzene rings is 1. The lowest BCUT2D eigenvalue weighted by Gasteiger charge is -2.23. The second kappa shape index (κ2) is 6.25. The summed E-state index contributed by atoms with van der Waals surface area (Å²) in [4.78, 5) is 13.3. The minimum Gasteiger partial charge on any atom is -0.394 e. The largest absolute Gasteiger partial charge is 0.394 e. The van der Waals surface area contributed by atoms with E-state index >= 15 is 0 Å². The van der Waals surface area contributed by atoms with Crippen molar-refractivity contribution in [2.24, 2.45) is 0 Å². The zero-order chi connectivity index (χ0) is 12.8. The summed E-state index contributed by atoms with van der Waals surface area (Å²) < 4.78 is 0. The van der Waals surface area contributed by atoms with E-state index in [-0.39, 0.29) is 18.7 Å². The Hall–Kier alpha value is -1.55. The van der Waals surface area contributed by atoms with Gasteiger partial charge in [0, 0.05) is 12.7 Å². The maximum atomic E-state index is 11.8. The summed E-state index contributed by atoms with van der Waals surface area (Å²) in [7, 11) is 1.66. The molecule has 2 amide bonds. The first-order valence-electron chi connectivity index (χ1n) is 5.82. The second-order valence-corrected chi connectivity index (χ2v) is 4.12. The van der Waals surface area contributed by atoms with Crippen LogP contribution < -0.4 is 5.32 Å². The smallest absolute Gasteiger partial charge is 0.321 e. The van der Waals surface area contributed by atoms with E-state index in [2.05, 4.69) is 12.2 Å². The van der Waals surface area contributed by atoms with Gasteiger partial charge in [-0.2, -0.15) is 0 Å². The highest BCUT2D eigenvalue weighted by molar-refractivity contribution is 5.89. The molecule has 0 aliphatic rings. The average Bonchev–Trinajstić information content (AvgIpc) is 2.37. The molecular formula is C13H20N2O2. The first-order valence-corrected chi connectivity index (χ1v) is 5.82. The Morgan fingerprint density at radius 2 is 2.00 bits per heavy atom. The van der Waals surface area contributed by atoms with Crippen LogP contribution in [0.4, 0.5) is 10.5 Å². The van der Waals surface area contributed by atoms with Gasteiger partial charge < -0.3 is 15.3 Å². The van der Waals surface area contributed by atoms with Crippen molar-refractivity contribution in [3.63, 3.8) is 0 Å². The van der Waals surface area contributed by atoms with Crippen molar-refractivity contribution in [3.8, 4) is 0 Å². The number of amides is 2. The van der Waals surface area contributed by atoms with Crippen LogP contribution in [0.1, 0.15) is 19.4 Å². The number of rotatable bonds is 4. The van der Waals surface area contributed by atoms with E-state index in [1.165, 1.54) is 10.5 Å². The fourth-order valence-electron chi connectivity index (χ4n) is 1.36. The Labute approximate surface area is 102 Å². The molecule has 0 spiro atoms. The summed E-state index contributed by atoms with van der Waals surface area (Å²) in [5, 5.41) is 11.8. The van der Waals surface area contributed by atoms with E-state index in [0.717, 1.165) is 12.1 Å². The number of anilines is 1. The maximum Gasteiger partial charge on any atom is 0.321 e. The predicted molar refractivity (Wildman–Crippen MR) is 69.1 cm³/mol. The van der Waals surface area contributed by atoms with Crippen LogP contribution in [-0.4, -0.2) is 35.7 Å². The van der Waals surface area contributed by atoms with E-state index in [0.29, 0.717) is 0 Å². The summed E-state index contributed by atoms with van der Waals surface area (Å²) in [5.74, 6) is 0. The molecule has 1 aromatic carbocycles. The molecule has 1 unspecified atom stereocenters. The Bertz CT molecular complexity index is 362. The van der Waals surface area contributed by atoms with Crippen LogP contribution in [0.2, 0.25) is 0 Å². The topological polar surface area (TPSA) is 52.6 Å². The number of nitrogens with zero attached hydrogens (tertiary/aromatic N) is 1. The molecular weight excluding hydrogens is 216 g/mol. The standard InChI is InChI=1S/C13H20N2O2/c1-4-11-5-7-12(8-6-11)14-13(17)15(3)10(2)9-16/h5-8,10,16H,4,9H2,1-3H3,(H,14,17). The van der Waals surface area contributed by atoms with Gasteiger partial charge in [-0.15, -0.1) is 0 Å². The molecule has 0 aliphatic heterocycles. The van der Waals surface area contributed by atoms with Crippen molar-refractivity contribution >= 4 is 11.7 Å². The molecule has 1 aromatic rings. The third-order valence-corrected chi connectivity index (χ3v) is 2.86. The quantitative estimate of drug-likeness (QED) is 0.841. The van der Waals surface area contributed by atoms with E-state index in [1.807, 2.05) is 24.3 Å². The minimum atomic E-state index is -0.212. The van der Waals surface area contributed by atoms with Gasteiger partial charge in [-0.1, -0.05) is 19.1 Å². The fourth-order valence-corrected chi connectivity index (χ4v) is 1.36. The van der Waals surface area contributed by atoms with Crippen LogP contribution in [0.25, 0.3) is 0 Å². The maximum absolute atomic E-state index is 11.8. The zero-order valence-electron chi connectivity index (χ0n) is 10.6. The van der Waals surface area contributed by atoms with E-state index in [4.69, 9.17) is 5.11 Å². The molecule has 2 N–H and O–H groups in total. The van der Waals surface area contributed by atoms with Gasteiger partial charge in [0.1, 0.15) is 0 Å². The zero-order valence-corrected chi connectivity index (χ0v) is 10.6. The van der Waals surface area contributed by atoms with Gasteiger partial charge in [-0.25, -0.2) is 4.79 Å². The lowest BCUT2D eigenvalue weighted by Crippen LogP contribution is -2.40. The number of carbonyl (C=O) groups excluding carboxylic acids is 1. The van der Waals surface area contributed by atoms with Gasteiger partial charge in [0.05, 0.1) is 12.6 Å². The van der Waals surface area contributed by atoms with Crippen molar-refractivity contribution in [2.45, 2.75) is 26.3 Å². The number of hydrogen-bond donors (Lipinski definition) is 2. The lowest BCUT2D eigenvalue weighted by molar-refractivity contribution is 0.166. The molecule has 1 rings (SSSR count). The summed E-state index contributed by atoms with van der Waals surface area (Å²) >= 11 is 0. The summed E-state index contributed by atoms with van der Waals surface area (Å²) in [5.41, 5.74) is 2.00. The molecule has 1 atom stereocenters. The number of aliphatic hydroxyl groups excluding tert-OH is 1. The third-order valence-electron chi connectivity index (χ3n) is 2.86. The van der Waals surface area contributed by atoms with Crippen LogP contribution in [-0.2, 0) is 6.42 Å². The predicted octanol–water partition coefficient (Wildman–Crippen LogP) is 2.09. The van der Waals surface area contributed by atoms with Crippen molar-refractivity contribution in [1.29, 1.82) is 0 Å². The Morgan fingerprint density at radius 3 is 2.47 bits per heavy atom. The van der Waals surface area contributed by atoms with Crippen molar-refractivity contribution < 1.29 is 9.90 Å². The SMILES string of the molecule is CCc1ccc(NC(=O)N(C)C(C)CO)cc1. The second-order valence-electron chi connectivity index (χ2n) is 4.12. The highest BCUT2D eigenvalue weighted by Crippen LogP contribution is 2.11. The molecule has 4 heteroatoms. The average molecular weight is 236 g/mol. The van der Waals surface area contributed by atoms with Gasteiger partial charge in [-0.3, -0.25) is 0 Å². The molecule has 94 valence electrons. The van der Waals surface area contributed by atoms with Gasteiger partial charge in [0.25, 0.3) is 0 Å². The number of aliphatic hydroxyl groups is 1. The summed E-state index contributed by atoms with van der Waals surface area (Å²) in [6.07, 6.45) is 0.982. The van der Waals surface area contributed by atoms with Crippen LogP contribution in [0.15, 0.2) is 24.3 Å². The fraction of sp³-hybridized carbons (Fsp3) is 0.462. The molecule has 0 aromatic heterocycles. The van der Waals surface area contributed by atoms with Gasteiger partial charge in [0.15, 0.2) is 0 Å². The number of hydrogen-bond acceptors (Lipinski definition) is 2. The third kappa shape index (κ3) is 3.75. The number of nitrogens with one attached hydrogen (secondary N) is 1. The highest BCUT2D eigenvalue weighted by atomic mass is 16.3. The number of likely N-dealkylation sites (N-methyl/N-ethyl adjacent to an activating group) is 1. The van der Waals surface area contributed by atoms with Gasteiger partial charge in [0.2, 0.25) is 0 Å².